The molecule has 1 heterocycles. The van der Waals surface area contributed by atoms with Gasteiger partial charge in [0.05, 0.1) is 6.33 Å². The number of halogens is 1. The molecule has 0 saturated carbocycles. The fourth-order valence-electron chi connectivity index (χ4n) is 2.39. The molecule has 0 radical (unpaired) electrons. The number of nitrogens with zero attached hydrogens (tertiary/aromatic N) is 2. The van der Waals surface area contributed by atoms with E-state index in [1.807, 2.05) is 24.7 Å². The van der Waals surface area contributed by atoms with Crippen LogP contribution in [0.4, 0.5) is 0 Å². The normalized spacial score (nSPS) is 12.5. The summed E-state index contributed by atoms with van der Waals surface area (Å²) in [4.78, 5) is 4.04. The van der Waals surface area contributed by atoms with E-state index in [1.165, 1.54) is 0 Å². The average Bonchev–Trinajstić information content (AvgIpc) is 2.99. The second-order valence-electron chi connectivity index (χ2n) is 5.13. The molecule has 1 aromatic heterocycles. The van der Waals surface area contributed by atoms with E-state index in [4.69, 9.17) is 0 Å². The van der Waals surface area contributed by atoms with Gasteiger partial charge in [-0.1, -0.05) is 22.9 Å². The first kappa shape index (κ1) is 16.0. The number of imidazole rings is 1. The molecule has 0 aliphatic heterocycles. The molecular formula is C16H22BrN3O. The number of unbranched alkanes of at least 4 members (excludes halogenated alkanes) is 1. The van der Waals surface area contributed by atoms with Crippen molar-refractivity contribution in [3.63, 3.8) is 0 Å². The number of hydrogen-bond acceptors (Lipinski definition) is 3. The van der Waals surface area contributed by atoms with Gasteiger partial charge in [0, 0.05) is 35.0 Å². The molecule has 2 rings (SSSR count). The van der Waals surface area contributed by atoms with Crippen LogP contribution in [0, 0.1) is 0 Å². The van der Waals surface area contributed by atoms with Gasteiger partial charge < -0.3 is 15.0 Å². The minimum absolute atomic E-state index is 0.191. The molecule has 1 aromatic carbocycles. The molecule has 1 atom stereocenters. The van der Waals surface area contributed by atoms with Crippen molar-refractivity contribution in [2.24, 2.45) is 0 Å². The second kappa shape index (κ2) is 8.20. The molecule has 4 nitrogen and oxygen atoms in total. The molecule has 0 bridgehead atoms. The van der Waals surface area contributed by atoms with Crippen molar-refractivity contribution < 1.29 is 5.11 Å². The van der Waals surface area contributed by atoms with Gasteiger partial charge in [0.25, 0.3) is 0 Å². The summed E-state index contributed by atoms with van der Waals surface area (Å²) in [6.45, 7) is 4.07. The van der Waals surface area contributed by atoms with Gasteiger partial charge in [0.2, 0.25) is 0 Å². The van der Waals surface area contributed by atoms with E-state index in [0.717, 1.165) is 42.4 Å². The summed E-state index contributed by atoms with van der Waals surface area (Å²) in [5.41, 5.74) is 0.960. The van der Waals surface area contributed by atoms with Crippen LogP contribution in [0.25, 0.3) is 0 Å². The van der Waals surface area contributed by atoms with E-state index in [-0.39, 0.29) is 6.04 Å². The highest BCUT2D eigenvalue weighted by Crippen LogP contribution is 2.29. The number of phenolic OH excluding ortho intramolecular Hbond substituents is 1. The second-order valence-corrected chi connectivity index (χ2v) is 6.04. The van der Waals surface area contributed by atoms with Crippen molar-refractivity contribution in [3.8, 4) is 5.75 Å². The van der Waals surface area contributed by atoms with Gasteiger partial charge in [-0.15, -0.1) is 0 Å². The fraction of sp³-hybridized carbons (Fsp3) is 0.438. The first-order valence-electron chi connectivity index (χ1n) is 7.38. The van der Waals surface area contributed by atoms with E-state index in [0.29, 0.717) is 5.75 Å². The lowest BCUT2D eigenvalue weighted by molar-refractivity contribution is 0.436. The van der Waals surface area contributed by atoms with Crippen LogP contribution in [0.5, 0.6) is 5.75 Å². The average molecular weight is 352 g/mol. The maximum absolute atomic E-state index is 9.99. The molecule has 2 aromatic rings. The first-order valence-corrected chi connectivity index (χ1v) is 8.17. The molecule has 21 heavy (non-hydrogen) atoms. The van der Waals surface area contributed by atoms with Crippen molar-refractivity contribution in [2.45, 2.75) is 38.8 Å². The van der Waals surface area contributed by atoms with Gasteiger partial charge in [-0.2, -0.15) is 0 Å². The monoisotopic (exact) mass is 351 g/mol. The van der Waals surface area contributed by atoms with Gasteiger partial charge in [0.1, 0.15) is 5.75 Å². The zero-order valence-corrected chi connectivity index (χ0v) is 13.9. The predicted octanol–water partition coefficient (Wildman–Crippen LogP) is 3.87. The topological polar surface area (TPSA) is 50.1 Å². The number of benzene rings is 1. The van der Waals surface area contributed by atoms with Gasteiger partial charge in [-0.05, 0) is 44.0 Å². The standard InChI is InChI=1S/C16H22BrN3O/c1-2-15(14-11-13(17)5-6-16(14)21)19-7-3-4-9-20-10-8-18-12-20/h5-6,8,10-12,15,19,21H,2-4,7,9H2,1H3. The SMILES string of the molecule is CCC(NCCCCn1ccnc1)c1cc(Br)ccc1O. The molecule has 0 aliphatic carbocycles. The van der Waals surface area contributed by atoms with Crippen molar-refractivity contribution >= 4 is 15.9 Å². The lowest BCUT2D eigenvalue weighted by Crippen LogP contribution is -2.22. The van der Waals surface area contributed by atoms with Crippen LogP contribution in [-0.4, -0.2) is 21.2 Å². The summed E-state index contributed by atoms with van der Waals surface area (Å²) in [5, 5.41) is 13.5. The zero-order chi connectivity index (χ0) is 15.1. The quantitative estimate of drug-likeness (QED) is 0.709. The van der Waals surface area contributed by atoms with Crippen LogP contribution in [-0.2, 0) is 6.54 Å². The lowest BCUT2D eigenvalue weighted by Gasteiger charge is -2.19. The zero-order valence-electron chi connectivity index (χ0n) is 12.3. The van der Waals surface area contributed by atoms with E-state index in [9.17, 15) is 5.11 Å². The van der Waals surface area contributed by atoms with Crippen LogP contribution in [0.3, 0.4) is 0 Å². The van der Waals surface area contributed by atoms with Crippen LogP contribution >= 0.6 is 15.9 Å². The molecule has 0 spiro atoms. The highest BCUT2D eigenvalue weighted by atomic mass is 79.9. The highest BCUT2D eigenvalue weighted by molar-refractivity contribution is 9.10. The van der Waals surface area contributed by atoms with Gasteiger partial charge >= 0.3 is 0 Å². The molecular weight excluding hydrogens is 330 g/mol. The van der Waals surface area contributed by atoms with Gasteiger partial charge in [-0.3, -0.25) is 0 Å². The van der Waals surface area contributed by atoms with Crippen LogP contribution in [0.2, 0.25) is 0 Å². The van der Waals surface area contributed by atoms with E-state index in [1.54, 1.807) is 12.3 Å². The molecule has 0 saturated heterocycles. The molecule has 0 aliphatic rings. The third kappa shape index (κ3) is 4.86. The first-order chi connectivity index (χ1) is 10.2. The van der Waals surface area contributed by atoms with Crippen molar-refractivity contribution in [1.82, 2.24) is 14.9 Å². The molecule has 0 fully saturated rings. The largest absolute Gasteiger partial charge is 0.508 e. The minimum Gasteiger partial charge on any atom is -0.508 e. The van der Waals surface area contributed by atoms with Gasteiger partial charge in [-0.25, -0.2) is 4.98 Å². The molecule has 0 amide bonds. The number of rotatable bonds is 8. The Hall–Kier alpha value is -1.33. The number of phenols is 1. The van der Waals surface area contributed by atoms with E-state index in [2.05, 4.69) is 37.7 Å². The van der Waals surface area contributed by atoms with Crippen molar-refractivity contribution in [2.75, 3.05) is 6.54 Å². The van der Waals surface area contributed by atoms with Crippen LogP contribution in [0.1, 0.15) is 37.8 Å². The summed E-state index contributed by atoms with van der Waals surface area (Å²) < 4.78 is 3.09. The summed E-state index contributed by atoms with van der Waals surface area (Å²) in [6.07, 6.45) is 8.81. The smallest absolute Gasteiger partial charge is 0.120 e. The number of aromatic nitrogens is 2. The van der Waals surface area contributed by atoms with Crippen LogP contribution in [0.15, 0.2) is 41.4 Å². The summed E-state index contributed by atoms with van der Waals surface area (Å²) in [7, 11) is 0. The summed E-state index contributed by atoms with van der Waals surface area (Å²) >= 11 is 3.46. The van der Waals surface area contributed by atoms with Crippen molar-refractivity contribution in [1.29, 1.82) is 0 Å². The maximum Gasteiger partial charge on any atom is 0.120 e. The van der Waals surface area contributed by atoms with Crippen LogP contribution < -0.4 is 5.32 Å². The third-order valence-electron chi connectivity index (χ3n) is 3.57. The minimum atomic E-state index is 0.191. The molecule has 1 unspecified atom stereocenters. The Labute approximate surface area is 134 Å². The number of nitrogens with one attached hydrogen (secondary N) is 1. The maximum atomic E-state index is 9.99. The molecule has 114 valence electrons. The number of aryl methyl sites for hydroxylation is 1. The predicted molar refractivity (Wildman–Crippen MR) is 88.3 cm³/mol. The Morgan fingerprint density at radius 3 is 2.95 bits per heavy atom. The lowest BCUT2D eigenvalue weighted by atomic mass is 10.0. The Balaban J connectivity index is 1.78. The fourth-order valence-corrected chi connectivity index (χ4v) is 2.77. The molecule has 5 heteroatoms. The summed E-state index contributed by atoms with van der Waals surface area (Å²) in [6, 6.07) is 5.78. The van der Waals surface area contributed by atoms with E-state index >= 15 is 0 Å². The summed E-state index contributed by atoms with van der Waals surface area (Å²) in [5.74, 6) is 0.357. The Morgan fingerprint density at radius 1 is 1.38 bits per heavy atom. The highest BCUT2D eigenvalue weighted by Gasteiger charge is 2.13. The number of aromatic hydroxyl groups is 1. The Bertz CT molecular complexity index is 542. The number of hydrogen-bond donors (Lipinski definition) is 2. The third-order valence-corrected chi connectivity index (χ3v) is 4.06. The van der Waals surface area contributed by atoms with E-state index < -0.39 is 0 Å². The Kier molecular flexibility index (Phi) is 6.26. The van der Waals surface area contributed by atoms with Gasteiger partial charge in [0.15, 0.2) is 0 Å². The molecule has 2 N–H and O–H groups in total. The Morgan fingerprint density at radius 2 is 2.24 bits per heavy atom. The van der Waals surface area contributed by atoms with Crippen molar-refractivity contribution in [3.05, 3.63) is 47.0 Å².